The lowest BCUT2D eigenvalue weighted by Crippen LogP contribution is -2.70. The fourth-order valence-electron chi connectivity index (χ4n) is 15.0. The van der Waals surface area contributed by atoms with Gasteiger partial charge in [0.1, 0.15) is 232 Å². The lowest BCUT2D eigenvalue weighted by Gasteiger charge is -2.51. The van der Waals surface area contributed by atoms with E-state index in [9.17, 15) is 162 Å². The minimum atomic E-state index is -2.63. The summed E-state index contributed by atoms with van der Waals surface area (Å²) in [6.07, 6.45) is -97.4. The highest BCUT2D eigenvalue weighted by Gasteiger charge is 2.61. The van der Waals surface area contributed by atoms with Gasteiger partial charge >= 0.3 is 0 Å². The summed E-state index contributed by atoms with van der Waals surface area (Å²) in [7, 11) is 0. The normalized spacial score (nSPS) is 47.9. The third kappa shape index (κ3) is 22.4. The van der Waals surface area contributed by atoms with E-state index in [-0.39, 0.29) is 0 Å². The number of aliphatic hydroxyl groups is 29. The molecule has 0 bridgehead atoms. The summed E-state index contributed by atoms with van der Waals surface area (Å²) < 4.78 is 105. The first-order valence-electron chi connectivity index (χ1n) is 37.9. The molecule has 9 saturated heterocycles. The van der Waals surface area contributed by atoms with Gasteiger partial charge in [-0.05, 0) is 6.92 Å². The Labute approximate surface area is 674 Å². The van der Waals surface area contributed by atoms with Crippen LogP contribution < -0.4 is 16.0 Å². The standard InChI is InChI=1S/C66H113N3O50/c1-15-31(82)41(92)46(97)60(104-15)102-13-20(81)51(32(83)19(5-70)67-16(2)78)113-58-29(68-17(3)79)39(90)53(27(12-77)110-58)115-64-50(101)55(117-65-56(44(95)35(86)23(8-73)108-65)118-59-30(69-18(4)80)40(91)52(26(11-76)111-59)114-62-47(98)42(93)33(84)21(6-71)106-62)38(89)28(112-64)14-103-61-49(100)54(37(88)25(10-75)105-61)116-66-57(45(96)36(87)24(9-74)109-66)119-63-48(99)43(94)34(85)22(7-72)107-63/h15,19-66,70-77,81-101H,5-14H2,1-4H3,(H,67,78)(H,68,79)(H,69,80)/t15-,19-,20+,21+,22+,23+,24+,25+,26+,27+,28+,29+,30+,31+,32+,33-,34+,35+,36+,37+,38+,39+,40+,41+,42-,43-,44-,45-,46-,47+,48-,49-,50-,51+,52+,53+,54-,55-,56-,57-,58-,59-,60+,61-,62-,63+,64-,65+,66+/m0/s1. The highest BCUT2D eigenvalue weighted by Crippen LogP contribution is 2.40. The van der Waals surface area contributed by atoms with Crippen molar-refractivity contribution >= 4 is 17.7 Å². The second-order valence-electron chi connectivity index (χ2n) is 30.0. The van der Waals surface area contributed by atoms with Crippen LogP contribution in [0.5, 0.6) is 0 Å². The number of aliphatic hydroxyl groups excluding tert-OH is 29. The van der Waals surface area contributed by atoms with Crippen LogP contribution in [-0.2, 0) is 99.6 Å². The maximum absolute atomic E-state index is 13.2. The molecule has 0 unspecified atom stereocenters. The average Bonchev–Trinajstić information content (AvgIpc) is 0.772. The number of nitrogens with one attached hydrogen (secondary N) is 3. The third-order valence-electron chi connectivity index (χ3n) is 21.7. The Kier molecular flexibility index (Phi) is 36.6. The monoisotopic (exact) mass is 1750 g/mol. The Morgan fingerprint density at radius 1 is 0.311 bits per heavy atom. The molecular formula is C66H113N3O50. The number of carbonyl (C=O) groups excluding carboxylic acids is 3. The summed E-state index contributed by atoms with van der Waals surface area (Å²) in [6.45, 7) is -7.23. The number of rotatable bonds is 34. The Hall–Kier alpha value is -3.47. The molecule has 9 heterocycles. The fourth-order valence-corrected chi connectivity index (χ4v) is 15.0. The predicted molar refractivity (Wildman–Crippen MR) is 365 cm³/mol. The van der Waals surface area contributed by atoms with Crippen molar-refractivity contribution in [3.8, 4) is 0 Å². The number of hydrogen-bond acceptors (Lipinski definition) is 50. The van der Waals surface area contributed by atoms with Crippen molar-refractivity contribution in [3.63, 3.8) is 0 Å². The van der Waals surface area contributed by atoms with Crippen molar-refractivity contribution < 1.29 is 248 Å². The lowest BCUT2D eigenvalue weighted by atomic mass is 9.94. The van der Waals surface area contributed by atoms with Crippen LogP contribution in [0.3, 0.4) is 0 Å². The Morgan fingerprint density at radius 3 is 1.08 bits per heavy atom. The zero-order valence-electron chi connectivity index (χ0n) is 63.9. The highest BCUT2D eigenvalue weighted by molar-refractivity contribution is 5.74. The molecule has 9 rings (SSSR count). The van der Waals surface area contributed by atoms with Crippen LogP contribution in [0.1, 0.15) is 27.7 Å². The van der Waals surface area contributed by atoms with Gasteiger partial charge in [0.2, 0.25) is 17.7 Å². The van der Waals surface area contributed by atoms with Crippen LogP contribution >= 0.6 is 0 Å². The molecule has 0 spiro atoms. The molecule has 49 atom stereocenters. The highest BCUT2D eigenvalue weighted by atomic mass is 16.8. The van der Waals surface area contributed by atoms with Gasteiger partial charge in [0.25, 0.3) is 0 Å². The number of amides is 3. The molecule has 0 radical (unpaired) electrons. The zero-order chi connectivity index (χ0) is 87.9. The van der Waals surface area contributed by atoms with E-state index >= 15 is 0 Å². The maximum atomic E-state index is 13.2. The topological polar surface area (TPSA) is 840 Å². The molecule has 692 valence electrons. The summed E-state index contributed by atoms with van der Waals surface area (Å²) in [6, 6.07) is -5.81. The Morgan fingerprint density at radius 2 is 0.639 bits per heavy atom. The summed E-state index contributed by atoms with van der Waals surface area (Å²) in [4.78, 5) is 38.5. The van der Waals surface area contributed by atoms with Crippen molar-refractivity contribution in [1.82, 2.24) is 16.0 Å². The van der Waals surface area contributed by atoms with Gasteiger partial charge in [0.05, 0.1) is 78.2 Å². The number of ether oxygens (including phenoxy) is 18. The second kappa shape index (κ2) is 43.8. The van der Waals surface area contributed by atoms with E-state index in [1.165, 1.54) is 6.92 Å². The van der Waals surface area contributed by atoms with E-state index in [1.54, 1.807) is 0 Å². The molecule has 119 heavy (non-hydrogen) atoms. The average molecular weight is 1750 g/mol. The fraction of sp³-hybridized carbons (Fsp3) is 0.955. The summed E-state index contributed by atoms with van der Waals surface area (Å²) in [5.74, 6) is -2.87. The van der Waals surface area contributed by atoms with E-state index in [4.69, 9.17) is 85.3 Å². The second-order valence-corrected chi connectivity index (χ2v) is 30.0. The maximum Gasteiger partial charge on any atom is 0.217 e. The van der Waals surface area contributed by atoms with E-state index in [1.807, 2.05) is 0 Å². The molecule has 32 N–H and O–H groups in total. The van der Waals surface area contributed by atoms with Crippen LogP contribution in [0, 0.1) is 0 Å². The van der Waals surface area contributed by atoms with Crippen molar-refractivity contribution in [2.75, 3.05) is 66.1 Å². The third-order valence-corrected chi connectivity index (χ3v) is 21.7. The summed E-state index contributed by atoms with van der Waals surface area (Å²) >= 11 is 0. The molecule has 53 heteroatoms. The Bertz CT molecular complexity index is 3100. The van der Waals surface area contributed by atoms with Gasteiger partial charge in [-0.1, -0.05) is 0 Å². The lowest BCUT2D eigenvalue weighted by molar-refractivity contribution is -0.399. The molecule has 0 aliphatic carbocycles. The van der Waals surface area contributed by atoms with Crippen molar-refractivity contribution in [2.24, 2.45) is 0 Å². The molecule has 0 aromatic rings. The van der Waals surface area contributed by atoms with Gasteiger partial charge < -0.3 is 249 Å². The van der Waals surface area contributed by atoms with Crippen molar-refractivity contribution in [3.05, 3.63) is 0 Å². The first kappa shape index (κ1) is 99.3. The van der Waals surface area contributed by atoms with Crippen LogP contribution in [-0.4, -0.2) is 532 Å². The van der Waals surface area contributed by atoms with E-state index in [2.05, 4.69) is 16.0 Å². The van der Waals surface area contributed by atoms with Gasteiger partial charge in [-0.3, -0.25) is 14.4 Å². The van der Waals surface area contributed by atoms with E-state index < -0.39 is 384 Å². The largest absolute Gasteiger partial charge is 0.394 e. The quantitative estimate of drug-likeness (QED) is 0.0284. The minimum Gasteiger partial charge on any atom is -0.394 e. The van der Waals surface area contributed by atoms with Crippen LogP contribution in [0.25, 0.3) is 0 Å². The van der Waals surface area contributed by atoms with Crippen LogP contribution in [0.2, 0.25) is 0 Å². The SMILES string of the molecule is CC(=O)N[C@H]1[C@H](O[C@@H]([C@H](O)[C@H](CO)NC(C)=O)[C@H](O)CO[C@@H]2O[C@@H](C)[C@@H](O)[C@@H](O)[C@@H]2O)O[C@H](CO)[C@@H](O[C@@H]2O[C@H](CO[C@H]3O[C@H](CO)[C@@H](O)[C@H](O[C@H]4O[C@H](CO)[C@@H](O)[C@H](O)[C@@H]4O[C@H]4O[C@H](CO)[C@@H](O)[C@H](O)[C@@H]4O)[C@@H]3O)[C@@H](O)[C@H](O[C@H]3O[C@H](CO)[C@@H](O)[C@H](O)[C@@H]3O[C@@H]3O[C@H](CO)[C@@H](O[C@@H]4O[C@H](CO)[C@H](O)[C@H](O)[C@H]4O)[C@H](O)[C@H]3NC(C)=O)[C@@H]2O)[C@@H]1O. The van der Waals surface area contributed by atoms with Gasteiger partial charge in [-0.2, -0.15) is 0 Å². The van der Waals surface area contributed by atoms with E-state index in [0.29, 0.717) is 0 Å². The molecule has 3 amide bonds. The predicted octanol–water partition coefficient (Wildman–Crippen LogP) is -21.7. The molecule has 9 aliphatic heterocycles. The van der Waals surface area contributed by atoms with Gasteiger partial charge in [-0.25, -0.2) is 0 Å². The van der Waals surface area contributed by atoms with Crippen molar-refractivity contribution in [2.45, 2.75) is 328 Å². The van der Waals surface area contributed by atoms with E-state index in [0.717, 1.165) is 20.8 Å². The zero-order valence-corrected chi connectivity index (χ0v) is 63.9. The van der Waals surface area contributed by atoms with Gasteiger partial charge in [-0.15, -0.1) is 0 Å². The molecule has 9 aliphatic rings. The Balaban J connectivity index is 1.05. The van der Waals surface area contributed by atoms with Crippen LogP contribution in [0.4, 0.5) is 0 Å². The minimum absolute atomic E-state index is 0.868. The summed E-state index contributed by atoms with van der Waals surface area (Å²) in [5.41, 5.74) is 0. The molecule has 53 nitrogen and oxygen atoms in total. The van der Waals surface area contributed by atoms with Gasteiger partial charge in [0.15, 0.2) is 56.6 Å². The molecule has 0 aromatic carbocycles. The molecular weight excluding hydrogens is 1630 g/mol. The molecule has 0 aromatic heterocycles. The molecule has 0 saturated carbocycles. The van der Waals surface area contributed by atoms with Gasteiger partial charge in [0, 0.05) is 20.8 Å². The first-order valence-corrected chi connectivity index (χ1v) is 37.9. The summed E-state index contributed by atoms with van der Waals surface area (Å²) in [5, 5.41) is 328. The first-order chi connectivity index (χ1) is 56.2. The number of hydrogen-bond donors (Lipinski definition) is 32. The van der Waals surface area contributed by atoms with Crippen LogP contribution in [0.15, 0.2) is 0 Å². The molecule has 9 fully saturated rings. The van der Waals surface area contributed by atoms with Crippen molar-refractivity contribution in [1.29, 1.82) is 0 Å². The number of carbonyl (C=O) groups is 3. The smallest absolute Gasteiger partial charge is 0.217 e.